The number of hydrogen-bond donors (Lipinski definition) is 1. The third-order valence-electron chi connectivity index (χ3n) is 4.22. The minimum absolute atomic E-state index is 0.0450. The predicted molar refractivity (Wildman–Crippen MR) is 113 cm³/mol. The summed E-state index contributed by atoms with van der Waals surface area (Å²) in [6.45, 7) is 9.47. The van der Waals surface area contributed by atoms with Gasteiger partial charge in [-0.05, 0) is 55.2 Å². The van der Waals surface area contributed by atoms with Crippen molar-refractivity contribution in [3.05, 3.63) is 72.8 Å². The van der Waals surface area contributed by atoms with Crippen LogP contribution in [0.5, 0.6) is 11.5 Å². The number of rotatable bonds is 10. The van der Waals surface area contributed by atoms with E-state index in [4.69, 9.17) is 9.47 Å². The summed E-state index contributed by atoms with van der Waals surface area (Å²) < 4.78 is 10.3. The lowest BCUT2D eigenvalue weighted by molar-refractivity contribution is -0.146. The first-order valence-electron chi connectivity index (χ1n) is 9.51. The molecule has 1 N–H and O–H groups in total. The van der Waals surface area contributed by atoms with Crippen LogP contribution in [-0.2, 0) is 27.2 Å². The van der Waals surface area contributed by atoms with Gasteiger partial charge in [0.05, 0.1) is 19.4 Å². The summed E-state index contributed by atoms with van der Waals surface area (Å²) in [7, 11) is 0. The molecular weight excluding hydrogens is 368 g/mol. The lowest BCUT2D eigenvalue weighted by atomic mass is 9.97. The second kappa shape index (κ2) is 10.9. The summed E-state index contributed by atoms with van der Waals surface area (Å²) in [4.78, 5) is 23.7. The molecule has 0 aliphatic carbocycles. The first kappa shape index (κ1) is 22.0. The van der Waals surface area contributed by atoms with Crippen molar-refractivity contribution in [2.24, 2.45) is 0 Å². The largest absolute Gasteiger partial charge is 0.507 e. The Bertz CT molecular complexity index is 898. The smallest absolute Gasteiger partial charge is 0.311 e. The van der Waals surface area contributed by atoms with Crippen LogP contribution in [0, 0.1) is 0 Å². The van der Waals surface area contributed by atoms with Gasteiger partial charge in [-0.25, -0.2) is 0 Å². The molecule has 5 nitrogen and oxygen atoms in total. The van der Waals surface area contributed by atoms with Crippen molar-refractivity contribution in [1.82, 2.24) is 0 Å². The van der Waals surface area contributed by atoms with Gasteiger partial charge >= 0.3 is 11.9 Å². The molecule has 0 unspecified atom stereocenters. The van der Waals surface area contributed by atoms with E-state index in [0.717, 1.165) is 11.1 Å². The molecular formula is C24H26O5. The number of phenolic OH excluding ortho intramolecular Hbond substituents is 1. The van der Waals surface area contributed by atoms with Crippen LogP contribution in [0.2, 0.25) is 0 Å². The van der Waals surface area contributed by atoms with Crippen molar-refractivity contribution in [2.75, 3.05) is 6.61 Å². The van der Waals surface area contributed by atoms with Crippen molar-refractivity contribution in [1.29, 1.82) is 0 Å². The Morgan fingerprint density at radius 3 is 2.14 bits per heavy atom. The average molecular weight is 394 g/mol. The molecule has 5 heteroatoms. The molecule has 0 aliphatic heterocycles. The van der Waals surface area contributed by atoms with Crippen LogP contribution in [0.3, 0.4) is 0 Å². The molecule has 0 saturated carbocycles. The molecule has 0 bridgehead atoms. The van der Waals surface area contributed by atoms with E-state index in [1.165, 1.54) is 0 Å². The van der Waals surface area contributed by atoms with Crippen molar-refractivity contribution >= 4 is 11.9 Å². The van der Waals surface area contributed by atoms with Crippen LogP contribution in [0.4, 0.5) is 0 Å². The van der Waals surface area contributed by atoms with Gasteiger partial charge in [-0.3, -0.25) is 9.59 Å². The fourth-order valence-corrected chi connectivity index (χ4v) is 2.87. The van der Waals surface area contributed by atoms with E-state index in [1.54, 1.807) is 31.2 Å². The van der Waals surface area contributed by atoms with Crippen molar-refractivity contribution < 1.29 is 24.2 Å². The van der Waals surface area contributed by atoms with Crippen LogP contribution in [0.25, 0.3) is 11.1 Å². The maximum absolute atomic E-state index is 12.2. The van der Waals surface area contributed by atoms with Gasteiger partial charge in [0.1, 0.15) is 11.5 Å². The lowest BCUT2D eigenvalue weighted by Gasteiger charge is -2.14. The van der Waals surface area contributed by atoms with Crippen LogP contribution >= 0.6 is 0 Å². The Balaban J connectivity index is 2.35. The third kappa shape index (κ3) is 6.35. The lowest BCUT2D eigenvalue weighted by Crippen LogP contribution is -2.12. The van der Waals surface area contributed by atoms with Crippen molar-refractivity contribution in [3.8, 4) is 22.6 Å². The number of phenols is 1. The molecule has 0 aromatic heterocycles. The van der Waals surface area contributed by atoms with Gasteiger partial charge in [-0.1, -0.05) is 24.3 Å². The molecule has 29 heavy (non-hydrogen) atoms. The third-order valence-corrected chi connectivity index (χ3v) is 4.22. The topological polar surface area (TPSA) is 72.8 Å². The monoisotopic (exact) mass is 394 g/mol. The van der Waals surface area contributed by atoms with Crippen LogP contribution < -0.4 is 4.74 Å². The molecule has 0 heterocycles. The number of carbonyl (C=O) groups is 2. The summed E-state index contributed by atoms with van der Waals surface area (Å²) in [5, 5.41) is 10.4. The number of ether oxygens (including phenoxy) is 2. The number of benzene rings is 2. The van der Waals surface area contributed by atoms with Gasteiger partial charge in [-0.15, -0.1) is 13.2 Å². The molecule has 0 radical (unpaired) electrons. The molecule has 0 fully saturated rings. The molecule has 0 saturated heterocycles. The van der Waals surface area contributed by atoms with E-state index >= 15 is 0 Å². The fourth-order valence-electron chi connectivity index (χ4n) is 2.87. The minimum atomic E-state index is -0.544. The first-order chi connectivity index (χ1) is 14.0. The van der Waals surface area contributed by atoms with Gasteiger partial charge < -0.3 is 14.6 Å². The predicted octanol–water partition coefficient (Wildman–Crippen LogP) is 4.76. The maximum atomic E-state index is 12.2. The minimum Gasteiger partial charge on any atom is -0.507 e. The molecule has 0 atom stereocenters. The van der Waals surface area contributed by atoms with Crippen molar-refractivity contribution in [3.63, 3.8) is 0 Å². The number of hydrogen-bond acceptors (Lipinski definition) is 5. The summed E-state index contributed by atoms with van der Waals surface area (Å²) in [5.41, 5.74) is 3.09. The maximum Gasteiger partial charge on any atom is 0.311 e. The van der Waals surface area contributed by atoms with Gasteiger partial charge in [0.25, 0.3) is 0 Å². The van der Waals surface area contributed by atoms with E-state index in [1.807, 2.05) is 24.3 Å². The zero-order chi connectivity index (χ0) is 21.2. The van der Waals surface area contributed by atoms with Crippen molar-refractivity contribution in [2.45, 2.75) is 32.6 Å². The van der Waals surface area contributed by atoms with E-state index in [0.29, 0.717) is 29.7 Å². The molecule has 152 valence electrons. The quantitative estimate of drug-likeness (QED) is 0.357. The van der Waals surface area contributed by atoms with E-state index < -0.39 is 11.9 Å². The molecule has 2 rings (SSSR count). The van der Waals surface area contributed by atoms with Crippen LogP contribution in [0.1, 0.15) is 30.9 Å². The Kier molecular flexibility index (Phi) is 8.22. The Morgan fingerprint density at radius 1 is 0.931 bits per heavy atom. The molecule has 2 aromatic rings. The van der Waals surface area contributed by atoms with Gasteiger partial charge in [0.15, 0.2) is 0 Å². The number of aromatic hydroxyl groups is 1. The normalized spacial score (nSPS) is 10.2. The van der Waals surface area contributed by atoms with Gasteiger partial charge in [0, 0.05) is 11.1 Å². The second-order valence-corrected chi connectivity index (χ2v) is 6.45. The highest BCUT2D eigenvalue weighted by Gasteiger charge is 2.16. The summed E-state index contributed by atoms with van der Waals surface area (Å²) in [5.74, 6) is -0.589. The molecule has 0 aliphatic rings. The standard InChI is InChI=1S/C24H26O5/c1-4-7-17-9-11-21(25)19(15-17)20-16-18(8-5-2)10-12-22(20)29-24(27)14-13-23(26)28-6-3/h4-5,9-12,15-16,25H,1-2,6-8,13-14H2,3H3. The Morgan fingerprint density at radius 2 is 1.52 bits per heavy atom. The van der Waals surface area contributed by atoms with Crippen LogP contribution in [0.15, 0.2) is 61.7 Å². The van der Waals surface area contributed by atoms with Gasteiger partial charge in [0.2, 0.25) is 0 Å². The summed E-state index contributed by atoms with van der Waals surface area (Å²) in [6, 6.07) is 10.7. The summed E-state index contributed by atoms with van der Waals surface area (Å²) >= 11 is 0. The average Bonchev–Trinajstić information content (AvgIpc) is 2.70. The van der Waals surface area contributed by atoms with E-state index in [9.17, 15) is 14.7 Å². The fraction of sp³-hybridized carbons (Fsp3) is 0.250. The van der Waals surface area contributed by atoms with E-state index in [-0.39, 0.29) is 25.2 Å². The van der Waals surface area contributed by atoms with Crippen LogP contribution in [-0.4, -0.2) is 23.7 Å². The van der Waals surface area contributed by atoms with E-state index in [2.05, 4.69) is 13.2 Å². The highest BCUT2D eigenvalue weighted by Crippen LogP contribution is 2.37. The highest BCUT2D eigenvalue weighted by molar-refractivity contribution is 5.83. The molecule has 0 spiro atoms. The molecule has 0 amide bonds. The Hall–Kier alpha value is -3.34. The molecule has 2 aromatic carbocycles. The number of esters is 2. The zero-order valence-electron chi connectivity index (χ0n) is 16.6. The zero-order valence-corrected chi connectivity index (χ0v) is 16.6. The van der Waals surface area contributed by atoms with Gasteiger partial charge in [-0.2, -0.15) is 0 Å². The first-order valence-corrected chi connectivity index (χ1v) is 9.51. The summed E-state index contributed by atoms with van der Waals surface area (Å²) in [6.07, 6.45) is 4.70. The second-order valence-electron chi connectivity index (χ2n) is 6.45. The highest BCUT2D eigenvalue weighted by atomic mass is 16.5. The SMILES string of the molecule is C=CCc1ccc(O)c(-c2cc(CC=C)ccc2OC(=O)CCC(=O)OCC)c1. The number of allylic oxidation sites excluding steroid dienone is 2. The number of carbonyl (C=O) groups excluding carboxylic acids is 2. The Labute approximate surface area is 171 Å².